The van der Waals surface area contributed by atoms with Crippen LogP contribution in [0.3, 0.4) is 0 Å². The molecule has 0 aliphatic carbocycles. The molecule has 2 heterocycles. The van der Waals surface area contributed by atoms with E-state index in [1.807, 2.05) is 6.20 Å². The number of aryl methyl sites for hydroxylation is 1. The number of likely N-dealkylation sites (tertiary alicyclic amines) is 1. The molecule has 3 nitrogen and oxygen atoms in total. The van der Waals surface area contributed by atoms with E-state index in [-0.39, 0.29) is 0 Å². The Balaban J connectivity index is 1.95. The lowest BCUT2D eigenvalue weighted by Gasteiger charge is -2.35. The molecule has 4 heteroatoms. The molecule has 1 saturated heterocycles. The highest BCUT2D eigenvalue weighted by atomic mass is 32.1. The van der Waals surface area contributed by atoms with Crippen molar-refractivity contribution in [3.8, 4) is 0 Å². The zero-order valence-corrected chi connectivity index (χ0v) is 10.7. The number of aromatic nitrogens is 1. The van der Waals surface area contributed by atoms with Crippen LogP contribution in [0, 0.1) is 6.92 Å². The molecular weight excluding hydrogens is 220 g/mol. The van der Waals surface area contributed by atoms with E-state index >= 15 is 0 Å². The second kappa shape index (κ2) is 5.75. The minimum absolute atomic E-state index is 0.308. The van der Waals surface area contributed by atoms with Crippen molar-refractivity contribution in [3.63, 3.8) is 0 Å². The van der Waals surface area contributed by atoms with Crippen molar-refractivity contribution in [1.29, 1.82) is 0 Å². The highest BCUT2D eigenvalue weighted by Crippen LogP contribution is 2.23. The van der Waals surface area contributed by atoms with Crippen LogP contribution >= 0.6 is 11.3 Å². The van der Waals surface area contributed by atoms with Gasteiger partial charge in [0.15, 0.2) is 0 Å². The maximum absolute atomic E-state index is 9.07. The van der Waals surface area contributed by atoms with E-state index in [4.69, 9.17) is 5.11 Å². The van der Waals surface area contributed by atoms with E-state index in [9.17, 15) is 0 Å². The molecule has 1 N–H and O–H groups in total. The van der Waals surface area contributed by atoms with Crippen LogP contribution in [0.4, 0.5) is 0 Å². The second-order valence-corrected chi connectivity index (χ2v) is 5.80. The van der Waals surface area contributed by atoms with Gasteiger partial charge in [-0.1, -0.05) is 6.42 Å². The Labute approximate surface area is 101 Å². The highest BCUT2D eigenvalue weighted by molar-refractivity contribution is 7.11. The molecule has 0 aromatic carbocycles. The summed E-state index contributed by atoms with van der Waals surface area (Å²) in [5.74, 6) is 0. The molecule has 1 aliphatic rings. The van der Waals surface area contributed by atoms with Gasteiger partial charge in [0.2, 0.25) is 0 Å². The Hall–Kier alpha value is -0.450. The third-order valence-electron chi connectivity index (χ3n) is 3.24. The molecule has 90 valence electrons. The fraction of sp³-hybridized carbons (Fsp3) is 0.750. The summed E-state index contributed by atoms with van der Waals surface area (Å²) in [6.45, 7) is 4.54. The minimum atomic E-state index is 0.308. The summed E-state index contributed by atoms with van der Waals surface area (Å²) >= 11 is 1.79. The molecule has 0 radical (unpaired) electrons. The Morgan fingerprint density at radius 3 is 3.12 bits per heavy atom. The largest absolute Gasteiger partial charge is 0.396 e. The minimum Gasteiger partial charge on any atom is -0.396 e. The van der Waals surface area contributed by atoms with Gasteiger partial charge in [-0.3, -0.25) is 4.90 Å². The van der Waals surface area contributed by atoms with Crippen LogP contribution < -0.4 is 0 Å². The third kappa shape index (κ3) is 3.03. The summed E-state index contributed by atoms with van der Waals surface area (Å²) in [5, 5.41) is 10.2. The summed E-state index contributed by atoms with van der Waals surface area (Å²) in [7, 11) is 0. The molecule has 1 fully saturated rings. The maximum Gasteiger partial charge on any atom is 0.0897 e. The lowest BCUT2D eigenvalue weighted by atomic mass is 10.00. The first-order chi connectivity index (χ1) is 7.79. The molecule has 0 amide bonds. The number of thiazole rings is 1. The zero-order valence-electron chi connectivity index (χ0n) is 9.85. The van der Waals surface area contributed by atoms with Crippen LogP contribution in [0.15, 0.2) is 6.20 Å². The number of rotatable bonds is 4. The summed E-state index contributed by atoms with van der Waals surface area (Å²) in [5.41, 5.74) is 0. The molecule has 1 aliphatic heterocycles. The van der Waals surface area contributed by atoms with Gasteiger partial charge in [-0.25, -0.2) is 4.98 Å². The predicted octanol–water partition coefficient (Wildman–Crippen LogP) is 2.19. The number of hydrogen-bond donors (Lipinski definition) is 1. The third-order valence-corrected chi connectivity index (χ3v) is 4.14. The van der Waals surface area contributed by atoms with Crippen LogP contribution in [-0.2, 0) is 6.54 Å². The van der Waals surface area contributed by atoms with E-state index in [0.717, 1.165) is 18.0 Å². The van der Waals surface area contributed by atoms with Crippen molar-refractivity contribution >= 4 is 11.3 Å². The van der Waals surface area contributed by atoms with Gasteiger partial charge < -0.3 is 5.11 Å². The molecule has 1 unspecified atom stereocenters. The number of piperidine rings is 1. The van der Waals surface area contributed by atoms with E-state index in [0.29, 0.717) is 12.6 Å². The standard InChI is InChI=1S/C12H20N2OS/c1-10-13-8-12(16-10)9-14-6-3-2-4-11(14)5-7-15/h8,11,15H,2-7,9H2,1H3. The SMILES string of the molecule is Cc1ncc(CN2CCCCC2CCO)s1. The quantitative estimate of drug-likeness (QED) is 0.876. The normalized spacial score (nSPS) is 22.5. The van der Waals surface area contributed by atoms with Gasteiger partial charge in [0.25, 0.3) is 0 Å². The Bertz CT molecular complexity index is 325. The monoisotopic (exact) mass is 240 g/mol. The summed E-state index contributed by atoms with van der Waals surface area (Å²) in [4.78, 5) is 8.15. The first kappa shape index (κ1) is 12.0. The Morgan fingerprint density at radius 1 is 1.56 bits per heavy atom. The van der Waals surface area contributed by atoms with Crippen LogP contribution in [0.1, 0.15) is 35.6 Å². The average Bonchev–Trinajstić information content (AvgIpc) is 2.67. The van der Waals surface area contributed by atoms with E-state index in [1.165, 1.54) is 30.7 Å². The molecule has 1 aromatic heterocycles. The summed E-state index contributed by atoms with van der Waals surface area (Å²) in [6.07, 6.45) is 6.74. The average molecular weight is 240 g/mol. The van der Waals surface area contributed by atoms with Crippen molar-refractivity contribution in [2.75, 3.05) is 13.2 Å². The molecule has 16 heavy (non-hydrogen) atoms. The van der Waals surface area contributed by atoms with E-state index in [2.05, 4.69) is 16.8 Å². The van der Waals surface area contributed by atoms with Crippen LogP contribution in [0.2, 0.25) is 0 Å². The number of hydrogen-bond acceptors (Lipinski definition) is 4. The van der Waals surface area contributed by atoms with Gasteiger partial charge in [-0.15, -0.1) is 11.3 Å². The maximum atomic E-state index is 9.07. The van der Waals surface area contributed by atoms with Crippen LogP contribution in [0.5, 0.6) is 0 Å². The summed E-state index contributed by atoms with van der Waals surface area (Å²) < 4.78 is 0. The fourth-order valence-electron chi connectivity index (χ4n) is 2.42. The van der Waals surface area contributed by atoms with Crippen molar-refractivity contribution in [2.24, 2.45) is 0 Å². The number of nitrogens with zero attached hydrogens (tertiary/aromatic N) is 2. The molecule has 0 bridgehead atoms. The topological polar surface area (TPSA) is 36.4 Å². The first-order valence-corrected chi connectivity index (χ1v) is 6.87. The molecule has 1 atom stereocenters. The van der Waals surface area contributed by atoms with Crippen molar-refractivity contribution in [1.82, 2.24) is 9.88 Å². The van der Waals surface area contributed by atoms with Gasteiger partial charge in [0, 0.05) is 30.3 Å². The van der Waals surface area contributed by atoms with Crippen LogP contribution in [-0.4, -0.2) is 34.2 Å². The first-order valence-electron chi connectivity index (χ1n) is 6.06. The fourth-order valence-corrected chi connectivity index (χ4v) is 3.24. The molecule has 0 spiro atoms. The Kier molecular flexibility index (Phi) is 4.32. The lowest BCUT2D eigenvalue weighted by Crippen LogP contribution is -2.39. The van der Waals surface area contributed by atoms with Crippen molar-refractivity contribution < 1.29 is 5.11 Å². The van der Waals surface area contributed by atoms with Gasteiger partial charge in [-0.2, -0.15) is 0 Å². The van der Waals surface area contributed by atoms with E-state index < -0.39 is 0 Å². The Morgan fingerprint density at radius 2 is 2.44 bits per heavy atom. The second-order valence-electron chi connectivity index (χ2n) is 4.48. The van der Waals surface area contributed by atoms with E-state index in [1.54, 1.807) is 11.3 Å². The van der Waals surface area contributed by atoms with Gasteiger partial charge >= 0.3 is 0 Å². The smallest absolute Gasteiger partial charge is 0.0897 e. The van der Waals surface area contributed by atoms with Crippen molar-refractivity contribution in [3.05, 3.63) is 16.1 Å². The molecule has 1 aromatic rings. The summed E-state index contributed by atoms with van der Waals surface area (Å²) in [6, 6.07) is 0.571. The zero-order chi connectivity index (χ0) is 11.4. The van der Waals surface area contributed by atoms with Gasteiger partial charge in [0.05, 0.1) is 5.01 Å². The molecule has 0 saturated carbocycles. The molecule has 2 rings (SSSR count). The van der Waals surface area contributed by atoms with Gasteiger partial charge in [0.1, 0.15) is 0 Å². The molecular formula is C12H20N2OS. The lowest BCUT2D eigenvalue weighted by molar-refractivity contribution is 0.113. The highest BCUT2D eigenvalue weighted by Gasteiger charge is 2.22. The number of aliphatic hydroxyl groups excluding tert-OH is 1. The van der Waals surface area contributed by atoms with Crippen LogP contribution in [0.25, 0.3) is 0 Å². The predicted molar refractivity (Wildman–Crippen MR) is 66.6 cm³/mol. The van der Waals surface area contributed by atoms with Gasteiger partial charge in [-0.05, 0) is 32.7 Å². The van der Waals surface area contributed by atoms with Crippen molar-refractivity contribution in [2.45, 2.75) is 45.2 Å². The number of aliphatic hydroxyl groups is 1.